The number of hydrogen-bond acceptors (Lipinski definition) is 7. The van der Waals surface area contributed by atoms with Gasteiger partial charge < -0.3 is 33.5 Å². The molecule has 1 N–H and O–H groups in total. The van der Waals surface area contributed by atoms with Crippen LogP contribution in [0, 0.1) is 0 Å². The second-order valence-electron chi connectivity index (χ2n) is 11.3. The Balaban J connectivity index is 1.32. The molecule has 0 amide bonds. The highest BCUT2D eigenvalue weighted by atomic mass is 16.7. The molecule has 6 atom stereocenters. The van der Waals surface area contributed by atoms with E-state index in [2.05, 4.69) is 0 Å². The van der Waals surface area contributed by atoms with E-state index >= 15 is 0 Å². The molecule has 2 fully saturated rings. The molecule has 3 aromatic rings. The molecule has 2 aliphatic heterocycles. The maximum atomic E-state index is 11.6. The zero-order valence-corrected chi connectivity index (χ0v) is 24.0. The molecule has 220 valence electrons. The highest BCUT2D eigenvalue weighted by Gasteiger charge is 2.47. The Kier molecular flexibility index (Phi) is 10.6. The fraction of sp³-hybridized carbons (Fsp3) is 0.471. The van der Waals surface area contributed by atoms with Gasteiger partial charge in [-0.15, -0.1) is 0 Å². The zero-order chi connectivity index (χ0) is 28.5. The molecule has 0 aromatic heterocycles. The average molecular weight is 563 g/mol. The first-order valence-electron chi connectivity index (χ1n) is 14.5. The molecule has 2 aliphatic rings. The van der Waals surface area contributed by atoms with Gasteiger partial charge in [-0.1, -0.05) is 91.0 Å². The van der Waals surface area contributed by atoms with Gasteiger partial charge in [-0.2, -0.15) is 0 Å². The van der Waals surface area contributed by atoms with Crippen LogP contribution in [-0.2, 0) is 48.2 Å². The second-order valence-corrected chi connectivity index (χ2v) is 11.3. The van der Waals surface area contributed by atoms with E-state index in [1.165, 1.54) is 0 Å². The normalized spacial score (nSPS) is 27.6. The van der Waals surface area contributed by atoms with Crippen LogP contribution in [0.3, 0.4) is 0 Å². The van der Waals surface area contributed by atoms with Crippen molar-refractivity contribution < 1.29 is 33.5 Å². The maximum Gasteiger partial charge on any atom is 0.163 e. The maximum absolute atomic E-state index is 11.6. The van der Waals surface area contributed by atoms with Crippen LogP contribution in [0.15, 0.2) is 91.0 Å². The molecule has 7 heteroatoms. The van der Waals surface area contributed by atoms with Gasteiger partial charge in [0.2, 0.25) is 0 Å². The van der Waals surface area contributed by atoms with Gasteiger partial charge in [0.15, 0.2) is 5.79 Å². The number of rotatable bonds is 13. The molecule has 0 aliphatic carbocycles. The molecule has 0 unspecified atom stereocenters. The largest absolute Gasteiger partial charge is 0.388 e. The lowest BCUT2D eigenvalue weighted by molar-refractivity contribution is -0.262. The summed E-state index contributed by atoms with van der Waals surface area (Å²) in [7, 11) is 0. The SMILES string of the molecule is CC1(C)OC[C@H](CC[C@@H]2O[C@H](COCc3ccccc3)[C@H](OCc3ccccc3)[C@H](OCc3ccccc3)[C@H]2O)O1. The van der Waals surface area contributed by atoms with Gasteiger partial charge in [0.25, 0.3) is 0 Å². The van der Waals surface area contributed by atoms with Crippen LogP contribution in [0.25, 0.3) is 0 Å². The van der Waals surface area contributed by atoms with Gasteiger partial charge in [-0.05, 0) is 43.4 Å². The summed E-state index contributed by atoms with van der Waals surface area (Å²) in [5, 5.41) is 11.6. The van der Waals surface area contributed by atoms with E-state index in [4.69, 9.17) is 28.4 Å². The minimum Gasteiger partial charge on any atom is -0.388 e. The summed E-state index contributed by atoms with van der Waals surface area (Å²) in [4.78, 5) is 0. The van der Waals surface area contributed by atoms with E-state index in [1.54, 1.807) is 0 Å². The minimum atomic E-state index is -0.889. The highest BCUT2D eigenvalue weighted by molar-refractivity contribution is 5.15. The Morgan fingerprint density at radius 1 is 0.707 bits per heavy atom. The summed E-state index contributed by atoms with van der Waals surface area (Å²) in [6.07, 6.45) is -1.70. The molecule has 0 saturated carbocycles. The van der Waals surface area contributed by atoms with Crippen molar-refractivity contribution in [2.75, 3.05) is 13.2 Å². The van der Waals surface area contributed by atoms with Crippen LogP contribution in [0.5, 0.6) is 0 Å². The Labute approximate surface area is 243 Å². The van der Waals surface area contributed by atoms with Crippen LogP contribution in [0.2, 0.25) is 0 Å². The highest BCUT2D eigenvalue weighted by Crippen LogP contribution is 2.32. The Morgan fingerprint density at radius 2 is 1.24 bits per heavy atom. The molecule has 41 heavy (non-hydrogen) atoms. The number of aliphatic hydroxyl groups excluding tert-OH is 1. The molecule has 3 aromatic carbocycles. The van der Waals surface area contributed by atoms with Crippen molar-refractivity contribution in [3.8, 4) is 0 Å². The summed E-state index contributed by atoms with van der Waals surface area (Å²) < 4.78 is 37.4. The lowest BCUT2D eigenvalue weighted by Gasteiger charge is -2.45. The molecule has 2 saturated heterocycles. The molecular weight excluding hydrogens is 520 g/mol. The van der Waals surface area contributed by atoms with Crippen molar-refractivity contribution in [1.29, 1.82) is 0 Å². The van der Waals surface area contributed by atoms with Crippen LogP contribution < -0.4 is 0 Å². The molecule has 0 bridgehead atoms. The molecule has 0 spiro atoms. The van der Waals surface area contributed by atoms with Gasteiger partial charge in [0, 0.05) is 0 Å². The van der Waals surface area contributed by atoms with E-state index in [1.807, 2.05) is 105 Å². The van der Waals surface area contributed by atoms with Crippen LogP contribution in [0.4, 0.5) is 0 Å². The quantitative estimate of drug-likeness (QED) is 0.298. The second kappa shape index (κ2) is 14.5. The summed E-state index contributed by atoms with van der Waals surface area (Å²) in [5.41, 5.74) is 3.15. The Hall–Kier alpha value is -2.62. The van der Waals surface area contributed by atoms with Crippen LogP contribution in [0.1, 0.15) is 43.4 Å². The summed E-state index contributed by atoms with van der Waals surface area (Å²) >= 11 is 0. The van der Waals surface area contributed by atoms with Crippen molar-refractivity contribution >= 4 is 0 Å². The van der Waals surface area contributed by atoms with Gasteiger partial charge in [0.05, 0.1) is 45.2 Å². The van der Waals surface area contributed by atoms with E-state index < -0.39 is 36.3 Å². The van der Waals surface area contributed by atoms with Crippen LogP contribution in [-0.4, -0.2) is 60.7 Å². The number of benzene rings is 3. The molecule has 0 radical (unpaired) electrons. The Morgan fingerprint density at radius 3 is 1.78 bits per heavy atom. The average Bonchev–Trinajstić information content (AvgIpc) is 3.35. The summed E-state index contributed by atoms with van der Waals surface area (Å²) in [6.45, 7) is 5.84. The third-order valence-corrected chi connectivity index (χ3v) is 7.56. The zero-order valence-electron chi connectivity index (χ0n) is 24.0. The van der Waals surface area contributed by atoms with Crippen molar-refractivity contribution in [2.24, 2.45) is 0 Å². The van der Waals surface area contributed by atoms with Gasteiger partial charge in [-0.3, -0.25) is 0 Å². The Bertz CT molecular complexity index is 1160. The lowest BCUT2D eigenvalue weighted by Crippen LogP contribution is -2.60. The predicted octanol–water partition coefficient (Wildman–Crippen LogP) is 5.43. The van der Waals surface area contributed by atoms with E-state index in [-0.39, 0.29) is 6.10 Å². The lowest BCUT2D eigenvalue weighted by atomic mass is 9.91. The van der Waals surface area contributed by atoms with Crippen molar-refractivity contribution in [1.82, 2.24) is 0 Å². The van der Waals surface area contributed by atoms with E-state index in [0.717, 1.165) is 16.7 Å². The first-order chi connectivity index (χ1) is 20.0. The molecule has 7 nitrogen and oxygen atoms in total. The first-order valence-corrected chi connectivity index (χ1v) is 14.5. The minimum absolute atomic E-state index is 0.0516. The fourth-order valence-electron chi connectivity index (χ4n) is 5.42. The number of ether oxygens (including phenoxy) is 6. The first kappa shape index (κ1) is 29.9. The van der Waals surface area contributed by atoms with Gasteiger partial charge in [0.1, 0.15) is 24.4 Å². The third-order valence-electron chi connectivity index (χ3n) is 7.56. The topological polar surface area (TPSA) is 75.6 Å². The summed E-state index contributed by atoms with van der Waals surface area (Å²) in [6, 6.07) is 30.0. The van der Waals surface area contributed by atoms with Crippen LogP contribution >= 0.6 is 0 Å². The standard InChI is InChI=1S/C34H42O7/c1-34(2)39-23-28(41-34)18-19-29-31(35)33(38-22-27-16-10-5-11-17-27)32(37-21-26-14-8-4-9-15-26)30(40-29)24-36-20-25-12-6-3-7-13-25/h3-17,28-33,35H,18-24H2,1-2H3/t28-,29-,30+,31-,32-,33+/m0/s1. The third kappa shape index (κ3) is 8.69. The van der Waals surface area contributed by atoms with E-state index in [0.29, 0.717) is 45.9 Å². The van der Waals surface area contributed by atoms with Gasteiger partial charge >= 0.3 is 0 Å². The molecule has 2 heterocycles. The molecular formula is C34H42O7. The van der Waals surface area contributed by atoms with Crippen molar-refractivity contribution in [3.05, 3.63) is 108 Å². The number of aliphatic hydroxyl groups is 1. The molecule has 5 rings (SSSR count). The monoisotopic (exact) mass is 562 g/mol. The smallest absolute Gasteiger partial charge is 0.163 e. The summed E-state index contributed by atoms with van der Waals surface area (Å²) in [5.74, 6) is -0.595. The van der Waals surface area contributed by atoms with E-state index in [9.17, 15) is 5.11 Å². The predicted molar refractivity (Wildman–Crippen MR) is 155 cm³/mol. The van der Waals surface area contributed by atoms with Gasteiger partial charge in [-0.25, -0.2) is 0 Å². The van der Waals surface area contributed by atoms with Crippen molar-refractivity contribution in [2.45, 2.75) is 88.9 Å². The van der Waals surface area contributed by atoms with Crippen molar-refractivity contribution in [3.63, 3.8) is 0 Å². The number of hydrogen-bond donors (Lipinski definition) is 1. The fourth-order valence-corrected chi connectivity index (χ4v) is 5.42.